The minimum atomic E-state index is -0.143. The van der Waals surface area contributed by atoms with E-state index in [-0.39, 0.29) is 12.5 Å². The zero-order valence-electron chi connectivity index (χ0n) is 20.4. The van der Waals surface area contributed by atoms with Gasteiger partial charge in [0.1, 0.15) is 11.5 Å². The van der Waals surface area contributed by atoms with Crippen LogP contribution in [-0.2, 0) is 17.6 Å². The minimum Gasteiger partial charge on any atom is -0.493 e. The number of benzene rings is 4. The SMILES string of the molecule is O=C(CNc1ccccc1OCCCc1ccccc1)Nc1cccc(OCCc2ccccc2)c1. The van der Waals surface area contributed by atoms with Gasteiger partial charge in [-0.15, -0.1) is 0 Å². The van der Waals surface area contributed by atoms with E-state index in [4.69, 9.17) is 9.47 Å². The molecule has 0 saturated carbocycles. The Kier molecular flexibility index (Phi) is 9.39. The topological polar surface area (TPSA) is 59.6 Å². The van der Waals surface area contributed by atoms with Crippen LogP contribution in [0.2, 0.25) is 0 Å². The molecule has 0 radical (unpaired) electrons. The molecular weight excluding hydrogens is 448 g/mol. The van der Waals surface area contributed by atoms with Crippen molar-refractivity contribution in [3.63, 3.8) is 0 Å². The van der Waals surface area contributed by atoms with Gasteiger partial charge in [-0.05, 0) is 48.2 Å². The van der Waals surface area contributed by atoms with Crippen molar-refractivity contribution in [1.29, 1.82) is 0 Å². The Bertz CT molecular complexity index is 1210. The summed E-state index contributed by atoms with van der Waals surface area (Å²) in [5, 5.41) is 6.12. The van der Waals surface area contributed by atoms with Gasteiger partial charge in [0.25, 0.3) is 0 Å². The Morgan fingerprint density at radius 2 is 1.36 bits per heavy atom. The van der Waals surface area contributed by atoms with Crippen molar-refractivity contribution < 1.29 is 14.3 Å². The normalized spacial score (nSPS) is 10.4. The summed E-state index contributed by atoms with van der Waals surface area (Å²) in [7, 11) is 0. The molecule has 4 aromatic carbocycles. The Morgan fingerprint density at radius 3 is 2.14 bits per heavy atom. The lowest BCUT2D eigenvalue weighted by Gasteiger charge is -2.14. The number of ether oxygens (including phenoxy) is 2. The molecule has 0 aliphatic carbocycles. The van der Waals surface area contributed by atoms with Gasteiger partial charge in [-0.1, -0.05) is 78.9 Å². The predicted octanol–water partition coefficient (Wildman–Crippen LogP) is 6.37. The van der Waals surface area contributed by atoms with Gasteiger partial charge in [0, 0.05) is 18.2 Å². The average Bonchev–Trinajstić information content (AvgIpc) is 2.92. The maximum Gasteiger partial charge on any atom is 0.243 e. The fourth-order valence-electron chi connectivity index (χ4n) is 3.82. The van der Waals surface area contributed by atoms with Crippen LogP contribution in [0.5, 0.6) is 11.5 Å². The second-order valence-electron chi connectivity index (χ2n) is 8.45. The van der Waals surface area contributed by atoms with E-state index in [0.29, 0.717) is 18.9 Å². The number of hydrogen-bond donors (Lipinski definition) is 2. The van der Waals surface area contributed by atoms with E-state index in [1.807, 2.05) is 72.8 Å². The molecule has 36 heavy (non-hydrogen) atoms. The zero-order chi connectivity index (χ0) is 24.8. The first kappa shape index (κ1) is 24.9. The van der Waals surface area contributed by atoms with Crippen molar-refractivity contribution in [1.82, 2.24) is 0 Å². The maximum atomic E-state index is 12.6. The number of aryl methyl sites for hydroxylation is 1. The molecule has 0 saturated heterocycles. The van der Waals surface area contributed by atoms with E-state index < -0.39 is 0 Å². The third-order valence-electron chi connectivity index (χ3n) is 5.66. The summed E-state index contributed by atoms with van der Waals surface area (Å²) in [4.78, 5) is 12.6. The molecule has 0 fully saturated rings. The van der Waals surface area contributed by atoms with E-state index in [9.17, 15) is 4.79 Å². The molecule has 0 aliphatic rings. The number of amides is 1. The van der Waals surface area contributed by atoms with Crippen LogP contribution < -0.4 is 20.1 Å². The predicted molar refractivity (Wildman–Crippen MR) is 146 cm³/mol. The Morgan fingerprint density at radius 1 is 0.667 bits per heavy atom. The molecule has 0 bridgehead atoms. The van der Waals surface area contributed by atoms with Gasteiger partial charge in [-0.3, -0.25) is 4.79 Å². The first-order valence-electron chi connectivity index (χ1n) is 12.3. The third-order valence-corrected chi connectivity index (χ3v) is 5.66. The Balaban J connectivity index is 1.21. The van der Waals surface area contributed by atoms with Crippen LogP contribution in [0.25, 0.3) is 0 Å². The van der Waals surface area contributed by atoms with E-state index in [0.717, 1.165) is 36.4 Å². The Labute approximate surface area is 213 Å². The van der Waals surface area contributed by atoms with Gasteiger partial charge < -0.3 is 20.1 Å². The summed E-state index contributed by atoms with van der Waals surface area (Å²) in [6, 6.07) is 35.7. The van der Waals surface area contributed by atoms with Crippen molar-refractivity contribution in [3.8, 4) is 11.5 Å². The van der Waals surface area contributed by atoms with Crippen molar-refractivity contribution >= 4 is 17.3 Å². The van der Waals surface area contributed by atoms with Crippen molar-refractivity contribution in [3.05, 3.63) is 120 Å². The van der Waals surface area contributed by atoms with Crippen LogP contribution in [0, 0.1) is 0 Å². The molecule has 0 aromatic heterocycles. The molecule has 0 atom stereocenters. The van der Waals surface area contributed by atoms with Crippen LogP contribution in [0.1, 0.15) is 17.5 Å². The molecule has 4 aromatic rings. The quantitative estimate of drug-likeness (QED) is 0.218. The molecule has 5 heteroatoms. The molecule has 184 valence electrons. The largest absolute Gasteiger partial charge is 0.493 e. The molecule has 1 amide bonds. The molecule has 2 N–H and O–H groups in total. The molecule has 4 rings (SSSR count). The highest BCUT2D eigenvalue weighted by molar-refractivity contribution is 5.94. The number of carbonyl (C=O) groups excluding carboxylic acids is 1. The lowest BCUT2D eigenvalue weighted by molar-refractivity contribution is -0.114. The van der Waals surface area contributed by atoms with Gasteiger partial charge in [0.05, 0.1) is 25.4 Å². The van der Waals surface area contributed by atoms with Crippen LogP contribution in [0.3, 0.4) is 0 Å². The summed E-state index contributed by atoms with van der Waals surface area (Å²) >= 11 is 0. The summed E-state index contributed by atoms with van der Waals surface area (Å²) in [6.45, 7) is 1.31. The van der Waals surface area contributed by atoms with Gasteiger partial charge in [0.2, 0.25) is 5.91 Å². The zero-order valence-corrected chi connectivity index (χ0v) is 20.4. The first-order chi connectivity index (χ1) is 17.8. The highest BCUT2D eigenvalue weighted by Gasteiger charge is 2.07. The average molecular weight is 481 g/mol. The molecule has 0 heterocycles. The Hall–Kier alpha value is -4.25. The van der Waals surface area contributed by atoms with Crippen LogP contribution >= 0.6 is 0 Å². The second-order valence-corrected chi connectivity index (χ2v) is 8.45. The molecule has 0 aliphatic heterocycles. The van der Waals surface area contributed by atoms with E-state index >= 15 is 0 Å². The summed E-state index contributed by atoms with van der Waals surface area (Å²) in [6.07, 6.45) is 2.71. The monoisotopic (exact) mass is 480 g/mol. The molecular formula is C31H32N2O3. The van der Waals surface area contributed by atoms with Crippen LogP contribution in [0.4, 0.5) is 11.4 Å². The fourth-order valence-corrected chi connectivity index (χ4v) is 3.82. The highest BCUT2D eigenvalue weighted by Crippen LogP contribution is 2.24. The first-order valence-corrected chi connectivity index (χ1v) is 12.3. The number of anilines is 2. The number of carbonyl (C=O) groups is 1. The highest BCUT2D eigenvalue weighted by atomic mass is 16.5. The van der Waals surface area contributed by atoms with Crippen molar-refractivity contribution in [2.45, 2.75) is 19.3 Å². The van der Waals surface area contributed by atoms with Crippen molar-refractivity contribution in [2.75, 3.05) is 30.4 Å². The lowest BCUT2D eigenvalue weighted by atomic mass is 10.1. The summed E-state index contributed by atoms with van der Waals surface area (Å²) in [5.41, 5.74) is 4.03. The van der Waals surface area contributed by atoms with Gasteiger partial charge in [-0.25, -0.2) is 0 Å². The lowest BCUT2D eigenvalue weighted by Crippen LogP contribution is -2.22. The van der Waals surface area contributed by atoms with Gasteiger partial charge in [-0.2, -0.15) is 0 Å². The number of nitrogens with one attached hydrogen (secondary N) is 2. The second kappa shape index (κ2) is 13.6. The maximum absolute atomic E-state index is 12.6. The smallest absolute Gasteiger partial charge is 0.243 e. The van der Waals surface area contributed by atoms with Crippen LogP contribution in [0.15, 0.2) is 109 Å². The third kappa shape index (κ3) is 8.20. The number of hydrogen-bond acceptors (Lipinski definition) is 4. The molecule has 0 unspecified atom stereocenters. The van der Waals surface area contributed by atoms with E-state index in [1.54, 1.807) is 0 Å². The summed E-state index contributed by atoms with van der Waals surface area (Å²) < 4.78 is 11.9. The van der Waals surface area contributed by atoms with Gasteiger partial charge >= 0.3 is 0 Å². The molecule has 0 spiro atoms. The molecule has 5 nitrogen and oxygen atoms in total. The standard InChI is InChI=1S/C31H32N2O3/c34-31(33-27-16-9-17-28(23-27)35-22-20-26-13-5-2-6-14-26)24-32-29-18-7-8-19-30(29)36-21-10-15-25-11-3-1-4-12-25/h1-9,11-14,16-19,23,32H,10,15,20-22,24H2,(H,33,34). The van der Waals surface area contributed by atoms with E-state index in [2.05, 4.69) is 47.0 Å². The fraction of sp³-hybridized carbons (Fsp3) is 0.194. The minimum absolute atomic E-state index is 0.128. The number of para-hydroxylation sites is 2. The van der Waals surface area contributed by atoms with Crippen molar-refractivity contribution in [2.24, 2.45) is 0 Å². The van der Waals surface area contributed by atoms with Gasteiger partial charge in [0.15, 0.2) is 0 Å². The summed E-state index contributed by atoms with van der Waals surface area (Å²) in [5.74, 6) is 1.33. The van der Waals surface area contributed by atoms with E-state index in [1.165, 1.54) is 11.1 Å². The van der Waals surface area contributed by atoms with Crippen LogP contribution in [-0.4, -0.2) is 25.7 Å². The number of rotatable bonds is 13.